The summed E-state index contributed by atoms with van der Waals surface area (Å²) in [6, 6.07) is 27.3. The molecule has 0 aromatic heterocycles. The van der Waals surface area contributed by atoms with Gasteiger partial charge in [0.1, 0.15) is 11.5 Å². The largest absolute Gasteiger partial charge is 0.497 e. The molecular weight excluding hydrogens is 544 g/mol. The summed E-state index contributed by atoms with van der Waals surface area (Å²) < 4.78 is 10.7. The lowest BCUT2D eigenvalue weighted by molar-refractivity contribution is -0.114. The van der Waals surface area contributed by atoms with Gasteiger partial charge in [-0.25, -0.2) is 0 Å². The van der Waals surface area contributed by atoms with Crippen LogP contribution in [-0.2, 0) is 17.8 Å². The van der Waals surface area contributed by atoms with E-state index in [-0.39, 0.29) is 11.8 Å². The first-order chi connectivity index (χ1) is 20.4. The highest BCUT2D eigenvalue weighted by Crippen LogP contribution is 2.42. The number of benzene rings is 4. The van der Waals surface area contributed by atoms with Gasteiger partial charge in [0.2, 0.25) is 0 Å². The number of hydrogen-bond donors (Lipinski definition) is 1. The Morgan fingerprint density at radius 1 is 0.905 bits per heavy atom. The highest BCUT2D eigenvalue weighted by molar-refractivity contribution is 8.04. The molecule has 0 fully saturated rings. The van der Waals surface area contributed by atoms with Crippen molar-refractivity contribution in [1.29, 1.82) is 0 Å². The van der Waals surface area contributed by atoms with Gasteiger partial charge >= 0.3 is 0 Å². The van der Waals surface area contributed by atoms with Crippen LogP contribution in [0.25, 0.3) is 6.08 Å². The predicted molar refractivity (Wildman–Crippen MR) is 169 cm³/mol. The fourth-order valence-corrected chi connectivity index (χ4v) is 5.97. The standard InChI is InChI=1S/C35H34N2O4S/c1-23-9-10-24(2)28(19-23)22-37-30-7-5-6-8-32(30)42-33(35(37)39)20-25-11-13-27(14-12-25)34(38)36-18-17-26-15-16-29(40-3)21-31(26)41-4/h5-16,19-21H,17-18,22H2,1-4H3,(H,36,38). The van der Waals surface area contributed by atoms with E-state index in [1.165, 1.54) is 17.3 Å². The maximum Gasteiger partial charge on any atom is 0.265 e. The molecule has 4 aromatic rings. The Balaban J connectivity index is 1.28. The van der Waals surface area contributed by atoms with E-state index < -0.39 is 0 Å². The minimum Gasteiger partial charge on any atom is -0.497 e. The third-order valence-corrected chi connectivity index (χ3v) is 8.39. The number of carbonyl (C=O) groups excluding carboxylic acids is 2. The highest BCUT2D eigenvalue weighted by Gasteiger charge is 2.29. The third kappa shape index (κ3) is 6.52. The van der Waals surface area contributed by atoms with E-state index in [4.69, 9.17) is 9.47 Å². The average molecular weight is 579 g/mol. The maximum atomic E-state index is 13.7. The van der Waals surface area contributed by atoms with Gasteiger partial charge in [-0.1, -0.05) is 65.9 Å². The van der Waals surface area contributed by atoms with Crippen molar-refractivity contribution in [2.24, 2.45) is 0 Å². The van der Waals surface area contributed by atoms with Crippen molar-refractivity contribution in [1.82, 2.24) is 5.32 Å². The molecule has 0 saturated carbocycles. The minimum atomic E-state index is -0.154. The summed E-state index contributed by atoms with van der Waals surface area (Å²) in [5.74, 6) is 1.27. The van der Waals surface area contributed by atoms with Crippen molar-refractivity contribution in [3.05, 3.63) is 123 Å². The van der Waals surface area contributed by atoms with Gasteiger partial charge in [0.15, 0.2) is 0 Å². The first-order valence-electron chi connectivity index (χ1n) is 13.8. The monoisotopic (exact) mass is 578 g/mol. The summed E-state index contributed by atoms with van der Waals surface area (Å²) in [5, 5.41) is 2.98. The first-order valence-corrected chi connectivity index (χ1v) is 14.6. The molecule has 0 atom stereocenters. The van der Waals surface area contributed by atoms with Gasteiger partial charge in [-0.2, -0.15) is 0 Å². The van der Waals surface area contributed by atoms with Crippen LogP contribution < -0.4 is 19.7 Å². The molecule has 42 heavy (non-hydrogen) atoms. The zero-order valence-corrected chi connectivity index (χ0v) is 25.1. The molecule has 214 valence electrons. The van der Waals surface area contributed by atoms with Gasteiger partial charge in [0.25, 0.3) is 11.8 Å². The SMILES string of the molecule is COc1ccc(CCNC(=O)c2ccc(C=C3Sc4ccccc4N(Cc4cc(C)ccc4C)C3=O)cc2)c(OC)c1. The lowest BCUT2D eigenvalue weighted by Gasteiger charge is -2.31. The molecule has 0 saturated heterocycles. The van der Waals surface area contributed by atoms with Crippen LogP contribution in [0.2, 0.25) is 0 Å². The van der Waals surface area contributed by atoms with Crippen molar-refractivity contribution in [2.75, 3.05) is 25.7 Å². The second kappa shape index (κ2) is 13.0. The van der Waals surface area contributed by atoms with E-state index in [1.807, 2.05) is 65.6 Å². The van der Waals surface area contributed by atoms with Crippen LogP contribution in [0.1, 0.15) is 38.2 Å². The van der Waals surface area contributed by atoms with Crippen LogP contribution in [0, 0.1) is 13.8 Å². The second-order valence-corrected chi connectivity index (χ2v) is 11.3. The Hall–Kier alpha value is -4.49. The quantitative estimate of drug-likeness (QED) is 0.217. The molecular formula is C35H34N2O4S. The molecule has 1 heterocycles. The van der Waals surface area contributed by atoms with Crippen LogP contribution in [0.4, 0.5) is 5.69 Å². The number of nitrogens with zero attached hydrogens (tertiary/aromatic N) is 1. The van der Waals surface area contributed by atoms with E-state index in [2.05, 4.69) is 37.4 Å². The Morgan fingerprint density at radius 2 is 1.69 bits per heavy atom. The molecule has 6 nitrogen and oxygen atoms in total. The predicted octanol–water partition coefficient (Wildman–Crippen LogP) is 6.97. The van der Waals surface area contributed by atoms with Crippen LogP contribution in [0.3, 0.4) is 0 Å². The van der Waals surface area contributed by atoms with Crippen molar-refractivity contribution in [3.8, 4) is 11.5 Å². The van der Waals surface area contributed by atoms with Crippen LogP contribution in [0.15, 0.2) is 94.7 Å². The van der Waals surface area contributed by atoms with Crippen molar-refractivity contribution in [2.45, 2.75) is 31.7 Å². The van der Waals surface area contributed by atoms with Gasteiger partial charge in [0, 0.05) is 23.1 Å². The molecule has 0 spiro atoms. The summed E-state index contributed by atoms with van der Waals surface area (Å²) >= 11 is 1.48. The topological polar surface area (TPSA) is 67.9 Å². The summed E-state index contributed by atoms with van der Waals surface area (Å²) in [7, 11) is 3.23. The summed E-state index contributed by atoms with van der Waals surface area (Å²) in [6.45, 7) is 5.11. The Bertz CT molecular complexity index is 1650. The molecule has 0 radical (unpaired) electrons. The van der Waals surface area contributed by atoms with Crippen molar-refractivity contribution in [3.63, 3.8) is 0 Å². The molecule has 1 N–H and O–H groups in total. The maximum absolute atomic E-state index is 13.7. The van der Waals surface area contributed by atoms with E-state index in [0.717, 1.165) is 44.3 Å². The lowest BCUT2D eigenvalue weighted by Crippen LogP contribution is -2.34. The van der Waals surface area contributed by atoms with Crippen LogP contribution >= 0.6 is 11.8 Å². The summed E-state index contributed by atoms with van der Waals surface area (Å²) in [6.07, 6.45) is 2.53. The molecule has 2 amide bonds. The van der Waals surface area contributed by atoms with Gasteiger partial charge < -0.3 is 19.7 Å². The number of thioether (sulfide) groups is 1. The number of carbonyl (C=O) groups is 2. The van der Waals surface area contributed by atoms with Crippen molar-refractivity contribution >= 4 is 35.3 Å². The van der Waals surface area contributed by atoms with E-state index in [1.54, 1.807) is 26.4 Å². The number of rotatable bonds is 9. The molecule has 0 unspecified atom stereocenters. The Kier molecular flexibility index (Phi) is 8.98. The number of methoxy groups -OCH3 is 2. The van der Waals surface area contributed by atoms with Crippen molar-refractivity contribution < 1.29 is 19.1 Å². The zero-order chi connectivity index (χ0) is 29.6. The highest BCUT2D eigenvalue weighted by atomic mass is 32.2. The third-order valence-electron chi connectivity index (χ3n) is 7.31. The number of para-hydroxylation sites is 1. The number of amides is 2. The summed E-state index contributed by atoms with van der Waals surface area (Å²) in [5.41, 5.74) is 6.79. The number of anilines is 1. The molecule has 0 aliphatic carbocycles. The molecule has 1 aliphatic heterocycles. The fraction of sp³-hybridized carbons (Fsp3) is 0.200. The first kappa shape index (κ1) is 29.0. The lowest BCUT2D eigenvalue weighted by atomic mass is 10.0. The van der Waals surface area contributed by atoms with Crippen LogP contribution in [-0.4, -0.2) is 32.6 Å². The Morgan fingerprint density at radius 3 is 2.45 bits per heavy atom. The van der Waals surface area contributed by atoms with Gasteiger partial charge in [-0.3, -0.25) is 9.59 Å². The number of nitrogens with one attached hydrogen (secondary N) is 1. The number of ether oxygens (including phenoxy) is 2. The van der Waals surface area contributed by atoms with Gasteiger partial charge in [-0.15, -0.1) is 0 Å². The second-order valence-electron chi connectivity index (χ2n) is 10.2. The molecule has 1 aliphatic rings. The van der Waals surface area contributed by atoms with Gasteiger partial charge in [-0.05, 0) is 78.9 Å². The van der Waals surface area contributed by atoms with Crippen LogP contribution in [0.5, 0.6) is 11.5 Å². The Labute approximate surface area is 251 Å². The normalized spacial score (nSPS) is 13.6. The van der Waals surface area contributed by atoms with E-state index in [9.17, 15) is 9.59 Å². The van der Waals surface area contributed by atoms with Gasteiger partial charge in [0.05, 0.1) is 31.4 Å². The zero-order valence-electron chi connectivity index (χ0n) is 24.3. The minimum absolute atomic E-state index is 0.0321. The fourth-order valence-electron chi connectivity index (χ4n) is 4.91. The number of fused-ring (bicyclic) bond motifs is 1. The molecule has 7 heteroatoms. The molecule has 0 bridgehead atoms. The van der Waals surface area contributed by atoms with E-state index in [0.29, 0.717) is 30.0 Å². The summed E-state index contributed by atoms with van der Waals surface area (Å²) in [4.78, 5) is 30.1. The number of aryl methyl sites for hydroxylation is 2. The average Bonchev–Trinajstić information content (AvgIpc) is 3.01. The molecule has 4 aromatic carbocycles. The smallest absolute Gasteiger partial charge is 0.265 e. The molecule has 5 rings (SSSR count). The number of hydrogen-bond acceptors (Lipinski definition) is 5. The van der Waals surface area contributed by atoms with E-state index >= 15 is 0 Å².